The fraction of sp³-hybridized carbons (Fsp3) is 0.421. The number of carbonyl (C=O) groups excluding carboxylic acids is 1. The number of hydrogen-bond acceptors (Lipinski definition) is 3. The van der Waals surface area contributed by atoms with Gasteiger partial charge in [0.1, 0.15) is 12.4 Å². The van der Waals surface area contributed by atoms with Crippen LogP contribution in [-0.2, 0) is 11.3 Å². The van der Waals surface area contributed by atoms with Gasteiger partial charge in [-0.25, -0.2) is 4.98 Å². The topological polar surface area (TPSA) is 55.2 Å². The molecule has 0 saturated heterocycles. The molecule has 24 heavy (non-hydrogen) atoms. The number of rotatable bonds is 7. The van der Waals surface area contributed by atoms with Crippen molar-refractivity contribution in [3.05, 3.63) is 52.4 Å². The summed E-state index contributed by atoms with van der Waals surface area (Å²) in [6.45, 7) is 7.33. The second kappa shape index (κ2) is 8.43. The zero-order chi connectivity index (χ0) is 17.5. The summed E-state index contributed by atoms with van der Waals surface area (Å²) in [6, 6.07) is 11.0. The Hall–Kier alpha value is -2.43. The molecule has 0 atom stereocenters. The van der Waals surface area contributed by atoms with Gasteiger partial charge in [-0.15, -0.1) is 0 Å². The molecule has 2 rings (SSSR count). The molecule has 0 radical (unpaired) electrons. The first-order valence-corrected chi connectivity index (χ1v) is 8.48. The van der Waals surface area contributed by atoms with Gasteiger partial charge < -0.3 is 4.90 Å². The maximum atomic E-state index is 12.7. The predicted octanol–water partition coefficient (Wildman–Crippen LogP) is 2.87. The number of amides is 1. The molecular weight excluding hydrogens is 302 g/mol. The second-order valence-electron chi connectivity index (χ2n) is 5.89. The number of carbonyl (C=O) groups is 1. The molecular formula is C19H25N3O2. The van der Waals surface area contributed by atoms with E-state index >= 15 is 0 Å². The van der Waals surface area contributed by atoms with Crippen molar-refractivity contribution in [1.82, 2.24) is 14.5 Å². The van der Waals surface area contributed by atoms with Crippen molar-refractivity contribution in [2.75, 3.05) is 13.1 Å². The number of hydrogen-bond donors (Lipinski definition) is 0. The predicted molar refractivity (Wildman–Crippen MR) is 95.8 cm³/mol. The molecule has 5 heteroatoms. The maximum absolute atomic E-state index is 12.7. The van der Waals surface area contributed by atoms with Crippen molar-refractivity contribution in [1.29, 1.82) is 0 Å². The lowest BCUT2D eigenvalue weighted by atomic mass is 10.2. The molecule has 1 aromatic heterocycles. The highest BCUT2D eigenvalue weighted by Crippen LogP contribution is 2.15. The van der Waals surface area contributed by atoms with Gasteiger partial charge in [-0.05, 0) is 19.8 Å². The van der Waals surface area contributed by atoms with E-state index in [9.17, 15) is 9.59 Å². The maximum Gasteiger partial charge on any atom is 0.254 e. The van der Waals surface area contributed by atoms with Gasteiger partial charge in [-0.2, -0.15) is 0 Å². The van der Waals surface area contributed by atoms with Gasteiger partial charge in [-0.1, -0.05) is 44.2 Å². The highest BCUT2D eigenvalue weighted by Gasteiger charge is 2.17. The van der Waals surface area contributed by atoms with Gasteiger partial charge >= 0.3 is 0 Å². The number of aryl methyl sites for hydroxylation is 1. The minimum atomic E-state index is -0.192. The van der Waals surface area contributed by atoms with Crippen LogP contribution in [-0.4, -0.2) is 33.4 Å². The zero-order valence-corrected chi connectivity index (χ0v) is 14.7. The average molecular weight is 327 g/mol. The molecule has 1 heterocycles. The molecule has 5 nitrogen and oxygen atoms in total. The van der Waals surface area contributed by atoms with E-state index in [0.717, 1.165) is 18.4 Å². The lowest BCUT2D eigenvalue weighted by Crippen LogP contribution is -2.38. The van der Waals surface area contributed by atoms with Crippen LogP contribution < -0.4 is 5.56 Å². The van der Waals surface area contributed by atoms with Gasteiger partial charge in [0, 0.05) is 30.4 Å². The summed E-state index contributed by atoms with van der Waals surface area (Å²) < 4.78 is 1.48. The van der Waals surface area contributed by atoms with Crippen LogP contribution in [0.5, 0.6) is 0 Å². The van der Waals surface area contributed by atoms with E-state index in [0.29, 0.717) is 24.6 Å². The van der Waals surface area contributed by atoms with E-state index < -0.39 is 0 Å². The number of aromatic nitrogens is 2. The van der Waals surface area contributed by atoms with Crippen LogP contribution in [0.1, 0.15) is 32.4 Å². The molecule has 0 N–H and O–H groups in total. The quantitative estimate of drug-likeness (QED) is 0.786. The zero-order valence-electron chi connectivity index (χ0n) is 14.7. The van der Waals surface area contributed by atoms with E-state index in [1.807, 2.05) is 49.1 Å². The minimum Gasteiger partial charge on any atom is -0.341 e. The van der Waals surface area contributed by atoms with Crippen molar-refractivity contribution in [2.45, 2.75) is 40.2 Å². The van der Waals surface area contributed by atoms with Crippen molar-refractivity contribution < 1.29 is 4.79 Å². The van der Waals surface area contributed by atoms with Crippen molar-refractivity contribution in [3.63, 3.8) is 0 Å². The van der Waals surface area contributed by atoms with Crippen LogP contribution in [0.2, 0.25) is 0 Å². The number of nitrogens with zero attached hydrogens (tertiary/aromatic N) is 3. The van der Waals surface area contributed by atoms with Gasteiger partial charge in [0.15, 0.2) is 0 Å². The summed E-state index contributed by atoms with van der Waals surface area (Å²) >= 11 is 0. The first-order chi connectivity index (χ1) is 11.6. The third-order valence-electron chi connectivity index (χ3n) is 3.80. The fourth-order valence-electron chi connectivity index (χ4n) is 2.72. The Morgan fingerprint density at radius 2 is 1.75 bits per heavy atom. The number of benzene rings is 1. The van der Waals surface area contributed by atoms with Crippen LogP contribution in [0.4, 0.5) is 0 Å². The Morgan fingerprint density at radius 3 is 2.33 bits per heavy atom. The molecule has 0 spiro atoms. The largest absolute Gasteiger partial charge is 0.341 e. The van der Waals surface area contributed by atoms with Crippen LogP contribution in [0.25, 0.3) is 11.4 Å². The third-order valence-corrected chi connectivity index (χ3v) is 3.80. The smallest absolute Gasteiger partial charge is 0.254 e. The van der Waals surface area contributed by atoms with Crippen molar-refractivity contribution in [3.8, 4) is 11.4 Å². The fourth-order valence-corrected chi connectivity index (χ4v) is 2.72. The second-order valence-corrected chi connectivity index (χ2v) is 5.89. The van der Waals surface area contributed by atoms with Crippen molar-refractivity contribution in [2.24, 2.45) is 0 Å². The van der Waals surface area contributed by atoms with E-state index in [4.69, 9.17) is 0 Å². The van der Waals surface area contributed by atoms with E-state index in [-0.39, 0.29) is 18.0 Å². The van der Waals surface area contributed by atoms with Crippen LogP contribution in [0.3, 0.4) is 0 Å². The Labute approximate surface area is 143 Å². The van der Waals surface area contributed by atoms with Crippen LogP contribution >= 0.6 is 0 Å². The molecule has 0 fully saturated rings. The molecule has 1 amide bonds. The Bertz CT molecular complexity index is 732. The first-order valence-electron chi connectivity index (χ1n) is 8.48. The monoisotopic (exact) mass is 327 g/mol. The van der Waals surface area contributed by atoms with Gasteiger partial charge in [0.25, 0.3) is 5.56 Å². The molecule has 0 aliphatic carbocycles. The Balaban J connectivity index is 2.39. The van der Waals surface area contributed by atoms with Gasteiger partial charge in [0.05, 0.1) is 0 Å². The third kappa shape index (κ3) is 4.31. The molecule has 2 aromatic rings. The highest BCUT2D eigenvalue weighted by atomic mass is 16.2. The molecule has 0 saturated carbocycles. The SMILES string of the molecule is CCCN(CCC)C(=O)Cn1c(-c2ccccc2)nc(C)cc1=O. The lowest BCUT2D eigenvalue weighted by molar-refractivity contribution is -0.132. The van der Waals surface area contributed by atoms with Crippen LogP contribution in [0.15, 0.2) is 41.2 Å². The van der Waals surface area contributed by atoms with E-state index in [1.54, 1.807) is 6.92 Å². The van der Waals surface area contributed by atoms with Gasteiger partial charge in [-0.3, -0.25) is 14.2 Å². The van der Waals surface area contributed by atoms with Crippen molar-refractivity contribution >= 4 is 5.91 Å². The molecule has 128 valence electrons. The average Bonchev–Trinajstić information content (AvgIpc) is 2.57. The molecule has 0 aliphatic rings. The Kier molecular flexibility index (Phi) is 6.29. The highest BCUT2D eigenvalue weighted by molar-refractivity contribution is 5.76. The minimum absolute atomic E-state index is 0.0241. The summed E-state index contributed by atoms with van der Waals surface area (Å²) in [5.41, 5.74) is 1.30. The van der Waals surface area contributed by atoms with E-state index in [1.165, 1.54) is 10.6 Å². The normalized spacial score (nSPS) is 10.6. The lowest BCUT2D eigenvalue weighted by Gasteiger charge is -2.22. The van der Waals surface area contributed by atoms with Crippen LogP contribution in [0, 0.1) is 6.92 Å². The summed E-state index contributed by atoms with van der Waals surface area (Å²) in [4.78, 5) is 31.4. The molecule has 1 aromatic carbocycles. The summed E-state index contributed by atoms with van der Waals surface area (Å²) in [7, 11) is 0. The summed E-state index contributed by atoms with van der Waals surface area (Å²) in [5, 5.41) is 0. The molecule has 0 aliphatic heterocycles. The molecule has 0 unspecified atom stereocenters. The Morgan fingerprint density at radius 1 is 1.12 bits per heavy atom. The summed E-state index contributed by atoms with van der Waals surface area (Å²) in [6.07, 6.45) is 1.80. The molecule has 0 bridgehead atoms. The van der Waals surface area contributed by atoms with Gasteiger partial charge in [0.2, 0.25) is 5.91 Å². The summed E-state index contributed by atoms with van der Waals surface area (Å²) in [5.74, 6) is 0.505. The first kappa shape index (κ1) is 17.9. The standard InChI is InChI=1S/C19H25N3O2/c1-4-11-21(12-5-2)18(24)14-22-17(23)13-15(3)20-19(22)16-9-7-6-8-10-16/h6-10,13H,4-5,11-12,14H2,1-3H3. The van der Waals surface area contributed by atoms with E-state index in [2.05, 4.69) is 4.98 Å².